The Labute approximate surface area is 88.6 Å². The summed E-state index contributed by atoms with van der Waals surface area (Å²) in [6, 6.07) is -0.199. The Hall–Kier alpha value is 0.878. The summed E-state index contributed by atoms with van der Waals surface area (Å²) in [6.07, 6.45) is 0. The van der Waals surface area contributed by atoms with E-state index in [0.717, 1.165) is 5.34 Å². The molecule has 5 nitrogen and oxygen atoms in total. The number of rotatable bonds is 1. The van der Waals surface area contributed by atoms with Crippen molar-refractivity contribution < 1.29 is 14.2 Å². The van der Waals surface area contributed by atoms with Crippen LogP contribution < -0.4 is 0 Å². The first-order chi connectivity index (χ1) is 5.42. The minimum absolute atomic E-state index is 0.199. The van der Waals surface area contributed by atoms with E-state index in [-0.39, 0.29) is 12.6 Å². The third-order valence-corrected chi connectivity index (χ3v) is 0.306. The van der Waals surface area contributed by atoms with Crippen LogP contribution in [0.4, 0.5) is 0 Å². The first-order valence-electron chi connectivity index (χ1n) is 2.35. The van der Waals surface area contributed by atoms with Gasteiger partial charge in [-0.15, -0.1) is 5.34 Å². The maximum atomic E-state index is 8.00. The van der Waals surface area contributed by atoms with Crippen LogP contribution in [0, 0.1) is 10.1 Å². The topological polar surface area (TPSA) is 100 Å². The van der Waals surface area contributed by atoms with Crippen molar-refractivity contribution in [1.82, 2.24) is 0 Å². The molecule has 0 bridgehead atoms. The first-order valence-corrected chi connectivity index (χ1v) is 10.8. The van der Waals surface area contributed by atoms with Crippen LogP contribution in [-0.2, 0) is 14.2 Å². The van der Waals surface area contributed by atoms with Gasteiger partial charge in [-0.25, -0.2) is 0 Å². The summed E-state index contributed by atoms with van der Waals surface area (Å²) < 4.78 is 0. The molecule has 0 saturated carbocycles. The summed E-state index contributed by atoms with van der Waals surface area (Å²) in [6.45, 7) is 1.92. The molecule has 0 aliphatic heterocycles. The van der Waals surface area contributed by atoms with Gasteiger partial charge in [-0.2, -0.15) is 12.6 Å². The zero-order valence-electron chi connectivity index (χ0n) is 6.00. The predicted octanol–water partition coefficient (Wildman–Crippen LogP) is 3.80. The third-order valence-electron chi connectivity index (χ3n) is 0.306. The average Bonchev–Trinajstić information content (AvgIpc) is 1.88. The van der Waals surface area contributed by atoms with Gasteiger partial charge in [0.15, 0.2) is 0 Å². The standard InChI is InChI=1S/C3H8N2.3ClH.HNO2.Pt/c1-3(5)2-4;;;;2-1-3;/h3-5H,2H2,1H3;3*1H;(H,2,3);/q-2;;;;;+3/p-4. The molecule has 0 spiro atoms. The van der Waals surface area contributed by atoms with Crippen molar-refractivity contribution in [3.05, 3.63) is 21.6 Å². The molecule has 0 aromatic carbocycles. The van der Waals surface area contributed by atoms with Crippen LogP contribution in [0.5, 0.6) is 0 Å². The Bertz CT molecular complexity index is 84.4. The molecule has 2 N–H and O–H groups in total. The van der Waals surface area contributed by atoms with E-state index in [4.69, 9.17) is 49.8 Å². The average molecular weight is 420 g/mol. The Kier molecular flexibility index (Phi) is 27.7. The van der Waals surface area contributed by atoms with Crippen LogP contribution in [0.1, 0.15) is 6.92 Å². The van der Waals surface area contributed by atoms with Crippen LogP contribution in [0.15, 0.2) is 5.34 Å². The number of hydrogen-bond donors (Lipinski definition) is 0. The molecule has 0 radical (unpaired) electrons. The third kappa shape index (κ3) is 128. The van der Waals surface area contributed by atoms with E-state index >= 15 is 0 Å². The van der Waals surface area contributed by atoms with E-state index in [0.29, 0.717) is 0 Å². The molecule has 1 unspecified atom stereocenters. The van der Waals surface area contributed by atoms with Crippen molar-refractivity contribution in [2.75, 3.05) is 6.54 Å². The Morgan fingerprint density at radius 1 is 1.58 bits per heavy atom. The monoisotopic (exact) mass is 418 g/mol. The second-order valence-electron chi connectivity index (χ2n) is 1.32. The fourth-order valence-corrected chi connectivity index (χ4v) is 0. The Morgan fingerprint density at radius 2 is 1.67 bits per heavy atom. The van der Waals surface area contributed by atoms with E-state index in [1.165, 1.54) is 0 Å². The molecule has 1 atom stereocenters. The summed E-state index contributed by atoms with van der Waals surface area (Å²) in [5.41, 5.74) is 13.1. The number of halogens is 3. The molecule has 0 aliphatic carbocycles. The van der Waals surface area contributed by atoms with E-state index in [1.807, 2.05) is 0 Å². The summed E-state index contributed by atoms with van der Waals surface area (Å²) >= 11 is -1.85. The molecule has 81 valence electrons. The fraction of sp³-hybridized carbons (Fsp3) is 1.00. The van der Waals surface area contributed by atoms with Crippen molar-refractivity contribution in [3.63, 3.8) is 0 Å². The van der Waals surface area contributed by atoms with Crippen molar-refractivity contribution in [1.29, 1.82) is 0 Å². The van der Waals surface area contributed by atoms with Gasteiger partial charge in [0, 0.05) is 0 Å². The zero-order valence-corrected chi connectivity index (χ0v) is 10.5. The number of nitrogens with one attached hydrogen (secondary N) is 2. The van der Waals surface area contributed by atoms with Crippen LogP contribution in [0.25, 0.3) is 11.5 Å². The maximum absolute atomic E-state index is 8.00. The molecule has 0 aromatic rings. The molecule has 9 heteroatoms. The van der Waals surface area contributed by atoms with Crippen molar-refractivity contribution in [3.8, 4) is 0 Å². The van der Waals surface area contributed by atoms with Gasteiger partial charge in [0.25, 0.3) is 0 Å². The molecule has 0 amide bonds. The van der Waals surface area contributed by atoms with Gasteiger partial charge in [0.05, 0.1) is 0 Å². The molecule has 0 aromatic heterocycles. The van der Waals surface area contributed by atoms with Gasteiger partial charge in [-0.1, -0.05) is 6.92 Å². The molecule has 0 heterocycles. The van der Waals surface area contributed by atoms with Gasteiger partial charge >= 0.3 is 42.4 Å². The van der Waals surface area contributed by atoms with Crippen LogP contribution >= 0.6 is 28.3 Å². The van der Waals surface area contributed by atoms with Gasteiger partial charge in [0.1, 0.15) is 0 Å². The predicted molar refractivity (Wildman–Crippen MR) is 49.7 cm³/mol. The zero-order chi connectivity index (χ0) is 10.6. The second-order valence-corrected chi connectivity index (χ2v) is 11.2. The molecule has 0 rings (SSSR count). The Balaban J connectivity index is -0.000000105. The van der Waals surface area contributed by atoms with E-state index in [2.05, 4.69) is 0 Å². The molecule has 12 heavy (non-hydrogen) atoms. The van der Waals surface area contributed by atoms with E-state index in [9.17, 15) is 0 Å². The Morgan fingerprint density at radius 3 is 1.67 bits per heavy atom. The molecule has 0 fully saturated rings. The molecular formula is C3H8Cl3N3O2Pt-3. The van der Waals surface area contributed by atoms with Crippen LogP contribution in [0.3, 0.4) is 0 Å². The number of nitrogens with zero attached hydrogens (tertiary/aromatic N) is 1. The van der Waals surface area contributed by atoms with E-state index < -0.39 is 14.2 Å². The van der Waals surface area contributed by atoms with Crippen molar-refractivity contribution in [2.24, 2.45) is 5.34 Å². The summed E-state index contributed by atoms with van der Waals surface area (Å²) in [5.74, 6) is 0. The normalized spacial score (nSPS) is 11.0. The number of hydrogen-bond acceptors (Lipinski definition) is 3. The van der Waals surface area contributed by atoms with Crippen molar-refractivity contribution in [2.45, 2.75) is 13.0 Å². The second kappa shape index (κ2) is 17.8. The first kappa shape index (κ1) is 18.6. The fourth-order valence-electron chi connectivity index (χ4n) is 0. The van der Waals surface area contributed by atoms with E-state index in [1.54, 1.807) is 6.92 Å². The van der Waals surface area contributed by atoms with Gasteiger partial charge in [-0.05, 0) is 0 Å². The minimum atomic E-state index is -1.85. The summed E-state index contributed by atoms with van der Waals surface area (Å²) in [4.78, 5) is 8.00. The van der Waals surface area contributed by atoms with Gasteiger partial charge < -0.3 is 21.6 Å². The van der Waals surface area contributed by atoms with Gasteiger partial charge in [0.2, 0.25) is 0 Å². The van der Waals surface area contributed by atoms with Crippen LogP contribution in [-0.4, -0.2) is 12.6 Å². The quantitative estimate of drug-likeness (QED) is 0.477. The SMILES string of the molecule is CC([NH-])C[NH-].O=N[O-].[Cl][Pt]([Cl])[Cl]. The molecule has 0 saturated heterocycles. The summed E-state index contributed by atoms with van der Waals surface area (Å²) in [5, 5.41) is 9.00. The van der Waals surface area contributed by atoms with Gasteiger partial charge in [-0.3, -0.25) is 0 Å². The summed E-state index contributed by atoms with van der Waals surface area (Å²) in [7, 11) is 14.9. The molecular weight excluding hydrogens is 411 g/mol. The van der Waals surface area contributed by atoms with Crippen LogP contribution in [0.2, 0.25) is 0 Å². The van der Waals surface area contributed by atoms with Crippen molar-refractivity contribution >= 4 is 28.3 Å². The molecule has 0 aliphatic rings.